The van der Waals surface area contributed by atoms with Crippen molar-refractivity contribution in [1.82, 2.24) is 9.97 Å². The minimum Gasteiger partial charge on any atom is -0.254 e. The lowest BCUT2D eigenvalue weighted by Gasteiger charge is -2.06. The summed E-state index contributed by atoms with van der Waals surface area (Å²) < 4.78 is 0. The van der Waals surface area contributed by atoms with Gasteiger partial charge in [0.25, 0.3) is 0 Å². The monoisotopic (exact) mass is 234 g/mol. The van der Waals surface area contributed by atoms with Gasteiger partial charge in [0.05, 0.1) is 11.4 Å². The second kappa shape index (κ2) is 4.57. The molecule has 0 bridgehead atoms. The van der Waals surface area contributed by atoms with E-state index in [1.165, 1.54) is 5.39 Å². The van der Waals surface area contributed by atoms with Crippen molar-refractivity contribution in [2.75, 3.05) is 0 Å². The number of hydrogen-bond acceptors (Lipinski definition) is 2. The summed E-state index contributed by atoms with van der Waals surface area (Å²) in [5.74, 6) is 0. The highest BCUT2D eigenvalue weighted by atomic mass is 14.8. The van der Waals surface area contributed by atoms with E-state index in [-0.39, 0.29) is 0 Å². The number of rotatable bonds is 2. The molecule has 3 rings (SSSR count). The summed E-state index contributed by atoms with van der Waals surface area (Å²) in [7, 11) is 0. The van der Waals surface area contributed by atoms with E-state index in [2.05, 4.69) is 35.1 Å². The van der Waals surface area contributed by atoms with Crippen molar-refractivity contribution in [2.24, 2.45) is 0 Å². The fourth-order valence-corrected chi connectivity index (χ4v) is 2.13. The Morgan fingerprint density at radius 1 is 0.944 bits per heavy atom. The molecule has 0 unspecified atom stereocenters. The molecule has 0 aliphatic carbocycles. The van der Waals surface area contributed by atoms with E-state index in [1.54, 1.807) is 0 Å². The smallest absolute Gasteiger partial charge is 0.0964 e. The maximum absolute atomic E-state index is 4.65. The van der Waals surface area contributed by atoms with Crippen LogP contribution in [0, 0.1) is 0 Å². The zero-order valence-corrected chi connectivity index (χ0v) is 10.3. The van der Waals surface area contributed by atoms with Crippen LogP contribution in [0.1, 0.15) is 12.6 Å². The second-order valence-electron chi connectivity index (χ2n) is 4.25. The van der Waals surface area contributed by atoms with E-state index < -0.39 is 0 Å². The highest BCUT2D eigenvalue weighted by Crippen LogP contribution is 2.24. The van der Waals surface area contributed by atoms with E-state index in [1.807, 2.05) is 36.5 Å². The minimum atomic E-state index is 0.943. The molecule has 3 aromatic rings. The Morgan fingerprint density at radius 2 is 1.83 bits per heavy atom. The minimum absolute atomic E-state index is 0.943. The summed E-state index contributed by atoms with van der Waals surface area (Å²) in [5, 5.41) is 2.35. The van der Waals surface area contributed by atoms with E-state index in [9.17, 15) is 0 Å². The third kappa shape index (κ3) is 1.86. The standard InChI is InChI=1S/C16H14N2/c1-2-13-7-5-9-15(18-13)16-14-8-4-3-6-12(14)10-11-17-16/h3-11H,2H2,1H3. The van der Waals surface area contributed by atoms with Crippen LogP contribution >= 0.6 is 0 Å². The molecule has 0 spiro atoms. The lowest BCUT2D eigenvalue weighted by Crippen LogP contribution is -1.92. The number of hydrogen-bond donors (Lipinski definition) is 0. The van der Waals surface area contributed by atoms with Gasteiger partial charge in [-0.15, -0.1) is 0 Å². The average Bonchev–Trinajstić information content (AvgIpc) is 2.47. The summed E-state index contributed by atoms with van der Waals surface area (Å²) in [6.07, 6.45) is 2.79. The molecule has 0 aliphatic rings. The molecule has 2 nitrogen and oxygen atoms in total. The number of pyridine rings is 2. The van der Waals surface area contributed by atoms with Gasteiger partial charge in [0.15, 0.2) is 0 Å². The predicted molar refractivity (Wildman–Crippen MR) is 74.4 cm³/mol. The molecule has 1 aromatic carbocycles. The normalized spacial score (nSPS) is 10.7. The highest BCUT2D eigenvalue weighted by molar-refractivity contribution is 5.93. The number of nitrogens with zero attached hydrogens (tertiary/aromatic N) is 2. The molecule has 0 fully saturated rings. The summed E-state index contributed by atoms with van der Waals surface area (Å²) in [5.41, 5.74) is 3.01. The molecule has 0 saturated heterocycles. The van der Waals surface area contributed by atoms with Crippen molar-refractivity contribution >= 4 is 10.8 Å². The Kier molecular flexibility index (Phi) is 2.77. The molecule has 2 heterocycles. The first-order chi connectivity index (χ1) is 8.88. The molecule has 0 saturated carbocycles. The van der Waals surface area contributed by atoms with E-state index in [4.69, 9.17) is 0 Å². The van der Waals surface area contributed by atoms with Gasteiger partial charge < -0.3 is 0 Å². The van der Waals surface area contributed by atoms with Crippen LogP contribution in [-0.2, 0) is 6.42 Å². The SMILES string of the molecule is CCc1cccc(-c2nccc3ccccc23)n1. The van der Waals surface area contributed by atoms with Crippen molar-refractivity contribution in [1.29, 1.82) is 0 Å². The van der Waals surface area contributed by atoms with E-state index in [0.717, 1.165) is 28.9 Å². The topological polar surface area (TPSA) is 25.8 Å². The highest BCUT2D eigenvalue weighted by Gasteiger charge is 2.06. The zero-order chi connectivity index (χ0) is 12.4. The summed E-state index contributed by atoms with van der Waals surface area (Å²) in [6, 6.07) is 16.4. The van der Waals surface area contributed by atoms with Crippen LogP contribution in [0.3, 0.4) is 0 Å². The van der Waals surface area contributed by atoms with Gasteiger partial charge in [-0.25, -0.2) is 0 Å². The molecule has 0 aliphatic heterocycles. The number of fused-ring (bicyclic) bond motifs is 1. The Labute approximate surface area is 106 Å². The molecule has 0 atom stereocenters. The van der Waals surface area contributed by atoms with Gasteiger partial charge in [0, 0.05) is 17.3 Å². The fourth-order valence-electron chi connectivity index (χ4n) is 2.13. The molecule has 18 heavy (non-hydrogen) atoms. The van der Waals surface area contributed by atoms with Crippen molar-refractivity contribution in [3.05, 3.63) is 60.4 Å². The first kappa shape index (κ1) is 10.9. The maximum Gasteiger partial charge on any atom is 0.0964 e. The van der Waals surface area contributed by atoms with Crippen molar-refractivity contribution < 1.29 is 0 Å². The van der Waals surface area contributed by atoms with Gasteiger partial charge >= 0.3 is 0 Å². The summed E-state index contributed by atoms with van der Waals surface area (Å²) >= 11 is 0. The number of aromatic nitrogens is 2. The van der Waals surface area contributed by atoms with Crippen LogP contribution in [0.4, 0.5) is 0 Å². The Bertz CT molecular complexity index is 684. The first-order valence-electron chi connectivity index (χ1n) is 6.18. The predicted octanol–water partition coefficient (Wildman–Crippen LogP) is 3.86. The molecule has 0 radical (unpaired) electrons. The van der Waals surface area contributed by atoms with E-state index in [0.29, 0.717) is 0 Å². The molecule has 0 amide bonds. The number of aryl methyl sites for hydroxylation is 1. The molecular weight excluding hydrogens is 220 g/mol. The molecule has 0 N–H and O–H groups in total. The maximum atomic E-state index is 4.65. The summed E-state index contributed by atoms with van der Waals surface area (Å²) in [6.45, 7) is 2.11. The molecular formula is C16H14N2. The Hall–Kier alpha value is -2.22. The van der Waals surface area contributed by atoms with Crippen LogP contribution in [0.15, 0.2) is 54.7 Å². The van der Waals surface area contributed by atoms with Gasteiger partial charge in [-0.05, 0) is 30.0 Å². The average molecular weight is 234 g/mol. The lowest BCUT2D eigenvalue weighted by molar-refractivity contribution is 1.04. The van der Waals surface area contributed by atoms with Crippen molar-refractivity contribution in [2.45, 2.75) is 13.3 Å². The van der Waals surface area contributed by atoms with Gasteiger partial charge in [-0.3, -0.25) is 9.97 Å². The van der Waals surface area contributed by atoms with Gasteiger partial charge in [0.1, 0.15) is 0 Å². The fraction of sp³-hybridized carbons (Fsp3) is 0.125. The van der Waals surface area contributed by atoms with Crippen LogP contribution in [0.25, 0.3) is 22.2 Å². The van der Waals surface area contributed by atoms with Crippen LogP contribution < -0.4 is 0 Å². The van der Waals surface area contributed by atoms with Crippen molar-refractivity contribution in [3.63, 3.8) is 0 Å². The lowest BCUT2D eigenvalue weighted by atomic mass is 10.1. The van der Waals surface area contributed by atoms with Crippen LogP contribution in [-0.4, -0.2) is 9.97 Å². The quantitative estimate of drug-likeness (QED) is 0.673. The Balaban J connectivity index is 2.24. The first-order valence-corrected chi connectivity index (χ1v) is 6.18. The van der Waals surface area contributed by atoms with Gasteiger partial charge in [0.2, 0.25) is 0 Å². The van der Waals surface area contributed by atoms with Gasteiger partial charge in [-0.1, -0.05) is 37.3 Å². The van der Waals surface area contributed by atoms with Crippen molar-refractivity contribution in [3.8, 4) is 11.4 Å². The van der Waals surface area contributed by atoms with Crippen LogP contribution in [0.5, 0.6) is 0 Å². The molecule has 88 valence electrons. The molecule has 2 heteroatoms. The van der Waals surface area contributed by atoms with Gasteiger partial charge in [-0.2, -0.15) is 0 Å². The van der Waals surface area contributed by atoms with Crippen LogP contribution in [0.2, 0.25) is 0 Å². The summed E-state index contributed by atoms with van der Waals surface area (Å²) in [4.78, 5) is 9.14. The second-order valence-corrected chi connectivity index (χ2v) is 4.25. The third-order valence-corrected chi connectivity index (χ3v) is 3.09. The Morgan fingerprint density at radius 3 is 2.72 bits per heavy atom. The number of benzene rings is 1. The zero-order valence-electron chi connectivity index (χ0n) is 10.3. The van der Waals surface area contributed by atoms with E-state index >= 15 is 0 Å². The molecule has 2 aromatic heterocycles. The largest absolute Gasteiger partial charge is 0.254 e. The third-order valence-electron chi connectivity index (χ3n) is 3.09.